The Morgan fingerprint density at radius 3 is 2.45 bits per heavy atom. The van der Waals surface area contributed by atoms with Gasteiger partial charge < -0.3 is 4.84 Å². The summed E-state index contributed by atoms with van der Waals surface area (Å²) in [4.78, 5) is 17.1. The molecule has 160 valence electrons. The summed E-state index contributed by atoms with van der Waals surface area (Å²) in [6.07, 6.45) is 1.70. The van der Waals surface area contributed by atoms with Crippen LogP contribution in [0.15, 0.2) is 65.7 Å². The fourth-order valence-corrected chi connectivity index (χ4v) is 5.04. The van der Waals surface area contributed by atoms with Crippen molar-refractivity contribution >= 4 is 26.9 Å². The zero-order valence-electron chi connectivity index (χ0n) is 17.3. The van der Waals surface area contributed by atoms with Crippen LogP contribution in [0.3, 0.4) is 0 Å². The number of nitrogens with zero attached hydrogens (tertiary/aromatic N) is 2. The second kappa shape index (κ2) is 7.70. The molecule has 0 atom stereocenters. The number of benzene rings is 2. The van der Waals surface area contributed by atoms with Crippen LogP contribution in [0.4, 0.5) is 4.39 Å². The highest BCUT2D eigenvalue weighted by molar-refractivity contribution is 7.90. The predicted octanol–water partition coefficient (Wildman–Crippen LogP) is 4.00. The van der Waals surface area contributed by atoms with Crippen molar-refractivity contribution < 1.29 is 22.4 Å². The van der Waals surface area contributed by atoms with Crippen molar-refractivity contribution in [3.63, 3.8) is 0 Å². The van der Waals surface area contributed by atoms with Gasteiger partial charge in [-0.25, -0.2) is 21.6 Å². The van der Waals surface area contributed by atoms with E-state index in [-0.39, 0.29) is 11.3 Å². The lowest BCUT2D eigenvalue weighted by Gasteiger charge is -2.11. The highest BCUT2D eigenvalue weighted by atomic mass is 32.2. The predicted molar refractivity (Wildman–Crippen MR) is 115 cm³/mol. The van der Waals surface area contributed by atoms with Gasteiger partial charge in [-0.05, 0) is 61.9 Å². The molecule has 0 saturated heterocycles. The molecular formula is C23H21FN2O4S. The van der Waals surface area contributed by atoms with E-state index in [0.717, 1.165) is 5.56 Å². The van der Waals surface area contributed by atoms with Gasteiger partial charge in [0, 0.05) is 30.6 Å². The van der Waals surface area contributed by atoms with E-state index in [1.165, 1.54) is 40.0 Å². The monoisotopic (exact) mass is 440 g/mol. The van der Waals surface area contributed by atoms with E-state index in [2.05, 4.69) is 0 Å². The lowest BCUT2D eigenvalue weighted by Crippen LogP contribution is -2.18. The molecule has 0 bridgehead atoms. The van der Waals surface area contributed by atoms with Crippen LogP contribution in [0.25, 0.3) is 10.9 Å². The summed E-state index contributed by atoms with van der Waals surface area (Å²) in [6, 6.07) is 14.2. The molecule has 0 fully saturated rings. The molecule has 0 aliphatic rings. The van der Waals surface area contributed by atoms with Gasteiger partial charge in [-0.3, -0.25) is 0 Å². The number of carbonyl (C=O) groups is 1. The number of aromatic nitrogens is 2. The maximum absolute atomic E-state index is 14.0. The van der Waals surface area contributed by atoms with E-state index in [4.69, 9.17) is 4.84 Å². The smallest absolute Gasteiger partial charge is 0.329 e. The van der Waals surface area contributed by atoms with Gasteiger partial charge in [0.25, 0.3) is 10.0 Å². The minimum Gasteiger partial charge on any atom is -0.337 e. The van der Waals surface area contributed by atoms with Crippen LogP contribution in [-0.2, 0) is 21.2 Å². The molecule has 4 aromatic rings. The lowest BCUT2D eigenvalue weighted by molar-refractivity contribution is -0.141. The molecule has 0 aliphatic heterocycles. The topological polar surface area (TPSA) is 70.3 Å². The summed E-state index contributed by atoms with van der Waals surface area (Å²) in [5.41, 5.74) is 3.27. The summed E-state index contributed by atoms with van der Waals surface area (Å²) >= 11 is 0. The van der Waals surface area contributed by atoms with Crippen molar-refractivity contribution in [3.05, 3.63) is 89.1 Å². The zero-order valence-corrected chi connectivity index (χ0v) is 18.1. The highest BCUT2D eigenvalue weighted by Crippen LogP contribution is 2.29. The molecule has 2 aromatic carbocycles. The third-order valence-electron chi connectivity index (χ3n) is 5.19. The molecule has 4 rings (SSSR count). The average molecular weight is 440 g/mol. The summed E-state index contributed by atoms with van der Waals surface area (Å²) in [7, 11) is -3.80. The Bertz CT molecular complexity index is 1400. The maximum Gasteiger partial charge on any atom is 0.329 e. The van der Waals surface area contributed by atoms with Crippen LogP contribution in [0.1, 0.15) is 29.4 Å². The highest BCUT2D eigenvalue weighted by Gasteiger charge is 2.22. The molecule has 31 heavy (non-hydrogen) atoms. The molecular weight excluding hydrogens is 419 g/mol. The van der Waals surface area contributed by atoms with Gasteiger partial charge in [-0.1, -0.05) is 17.7 Å². The van der Waals surface area contributed by atoms with E-state index in [9.17, 15) is 17.6 Å². The van der Waals surface area contributed by atoms with Crippen LogP contribution in [-0.4, -0.2) is 23.1 Å². The molecule has 0 spiro atoms. The fraction of sp³-hybridized carbons (Fsp3) is 0.174. The Morgan fingerprint density at radius 1 is 1.06 bits per heavy atom. The second-order valence-corrected chi connectivity index (χ2v) is 9.21. The molecule has 2 heterocycles. The molecule has 6 nitrogen and oxygen atoms in total. The fourth-order valence-electron chi connectivity index (χ4n) is 3.67. The molecule has 0 unspecified atom stereocenters. The van der Waals surface area contributed by atoms with Crippen LogP contribution in [0, 0.1) is 19.7 Å². The van der Waals surface area contributed by atoms with Gasteiger partial charge in [0.15, 0.2) is 0 Å². The number of carbonyl (C=O) groups excluding carboxylic acids is 1. The number of hydrogen-bond acceptors (Lipinski definition) is 4. The van der Waals surface area contributed by atoms with Gasteiger partial charge in [0.05, 0.1) is 16.1 Å². The molecule has 0 aliphatic carbocycles. The van der Waals surface area contributed by atoms with Gasteiger partial charge in [-0.2, -0.15) is 4.73 Å². The van der Waals surface area contributed by atoms with Crippen molar-refractivity contribution in [2.75, 3.05) is 0 Å². The number of rotatable bonds is 5. The van der Waals surface area contributed by atoms with Crippen LogP contribution >= 0.6 is 0 Å². The normalized spacial score (nSPS) is 11.7. The van der Waals surface area contributed by atoms with Crippen molar-refractivity contribution in [3.8, 4) is 0 Å². The molecule has 0 amide bonds. The molecule has 0 N–H and O–H groups in total. The first-order valence-electron chi connectivity index (χ1n) is 9.65. The Hall–Kier alpha value is -3.39. The second-order valence-electron chi connectivity index (χ2n) is 7.39. The number of fused-ring (bicyclic) bond motifs is 1. The van der Waals surface area contributed by atoms with Gasteiger partial charge in [0.1, 0.15) is 5.82 Å². The van der Waals surface area contributed by atoms with Crippen molar-refractivity contribution in [2.24, 2.45) is 0 Å². The summed E-state index contributed by atoms with van der Waals surface area (Å²) < 4.78 is 43.0. The Balaban J connectivity index is 1.83. The molecule has 2 aromatic heterocycles. The number of halogens is 1. The van der Waals surface area contributed by atoms with Crippen molar-refractivity contribution in [1.82, 2.24) is 8.70 Å². The van der Waals surface area contributed by atoms with E-state index in [0.29, 0.717) is 27.9 Å². The Labute approximate surface area is 179 Å². The largest absolute Gasteiger partial charge is 0.337 e. The van der Waals surface area contributed by atoms with Gasteiger partial charge in [-0.15, -0.1) is 0 Å². The van der Waals surface area contributed by atoms with Gasteiger partial charge in [0.2, 0.25) is 0 Å². The molecule has 8 heteroatoms. The summed E-state index contributed by atoms with van der Waals surface area (Å²) in [5, 5.41) is 0.555. The minimum absolute atomic E-state index is 0.181. The maximum atomic E-state index is 14.0. The zero-order chi connectivity index (χ0) is 22.3. The molecule has 0 radical (unpaired) electrons. The minimum atomic E-state index is -3.80. The van der Waals surface area contributed by atoms with E-state index < -0.39 is 21.8 Å². The first-order chi connectivity index (χ1) is 14.7. The van der Waals surface area contributed by atoms with E-state index >= 15 is 0 Å². The molecule has 0 saturated carbocycles. The van der Waals surface area contributed by atoms with Crippen LogP contribution < -0.4 is 4.84 Å². The quantitative estimate of drug-likeness (QED) is 0.470. The Kier molecular flexibility index (Phi) is 5.18. The number of hydrogen-bond donors (Lipinski definition) is 0. The first-order valence-corrected chi connectivity index (χ1v) is 11.1. The SMILES string of the molecule is CC(=O)On1c(C)c(Cc2cccn2S(=O)(=O)c2ccc(C)cc2)c2cc(F)ccc21. The number of aryl methyl sites for hydroxylation is 1. The van der Waals surface area contributed by atoms with Crippen molar-refractivity contribution in [2.45, 2.75) is 32.1 Å². The van der Waals surface area contributed by atoms with Crippen molar-refractivity contribution in [1.29, 1.82) is 0 Å². The van der Waals surface area contributed by atoms with Crippen LogP contribution in [0.2, 0.25) is 0 Å². The standard InChI is InChI=1S/C23H21FN2O4S/c1-15-6-9-20(10-7-15)31(28,29)25-12-4-5-19(25)14-21-16(2)26(30-17(3)27)23-11-8-18(24)13-22(21)23/h4-13H,14H2,1-3H3. The summed E-state index contributed by atoms with van der Waals surface area (Å²) in [5.74, 6) is -0.947. The Morgan fingerprint density at radius 2 is 1.77 bits per heavy atom. The van der Waals surface area contributed by atoms with Crippen LogP contribution in [0.5, 0.6) is 0 Å². The third kappa shape index (κ3) is 3.74. The van der Waals surface area contributed by atoms with Gasteiger partial charge >= 0.3 is 5.97 Å². The van der Waals surface area contributed by atoms with E-state index in [1.807, 2.05) is 6.92 Å². The lowest BCUT2D eigenvalue weighted by atomic mass is 10.1. The van der Waals surface area contributed by atoms with E-state index in [1.54, 1.807) is 43.3 Å². The average Bonchev–Trinajstić information content (AvgIpc) is 3.27. The first kappa shape index (κ1) is 20.9. The third-order valence-corrected chi connectivity index (χ3v) is 6.93. The summed E-state index contributed by atoms with van der Waals surface area (Å²) in [6.45, 7) is 4.92.